The zero-order valence-electron chi connectivity index (χ0n) is 10.5. The molecule has 0 saturated carbocycles. The molecule has 1 heterocycles. The second-order valence-corrected chi connectivity index (χ2v) is 5.80. The highest BCUT2D eigenvalue weighted by Crippen LogP contribution is 2.33. The summed E-state index contributed by atoms with van der Waals surface area (Å²) >= 11 is 1.25. The van der Waals surface area contributed by atoms with Crippen molar-refractivity contribution in [2.24, 2.45) is 0 Å². The maximum atomic E-state index is 9.90. The molecule has 1 aromatic rings. The lowest BCUT2D eigenvalue weighted by Crippen LogP contribution is -2.57. The average Bonchev–Trinajstić information content (AvgIpc) is 2.42. The van der Waals surface area contributed by atoms with Crippen LogP contribution in [0, 0.1) is 6.92 Å². The molecule has 5 nitrogen and oxygen atoms in total. The van der Waals surface area contributed by atoms with Gasteiger partial charge in [-0.3, -0.25) is 0 Å². The number of aliphatic hydroxyl groups excluding tert-OH is 4. The van der Waals surface area contributed by atoms with E-state index in [0.29, 0.717) is 0 Å². The third-order valence-electron chi connectivity index (χ3n) is 3.12. The zero-order chi connectivity index (χ0) is 14.0. The van der Waals surface area contributed by atoms with E-state index in [1.54, 1.807) is 0 Å². The quantitative estimate of drug-likeness (QED) is 0.620. The van der Waals surface area contributed by atoms with Crippen LogP contribution in [0.25, 0.3) is 0 Å². The van der Waals surface area contributed by atoms with E-state index in [1.807, 2.05) is 31.2 Å². The summed E-state index contributed by atoms with van der Waals surface area (Å²) in [6.07, 6.45) is -4.70. The van der Waals surface area contributed by atoms with Gasteiger partial charge in [-0.25, -0.2) is 0 Å². The fourth-order valence-electron chi connectivity index (χ4n) is 1.92. The summed E-state index contributed by atoms with van der Waals surface area (Å²) in [4.78, 5) is 0.884. The molecule has 19 heavy (non-hydrogen) atoms. The van der Waals surface area contributed by atoms with E-state index < -0.39 is 36.5 Å². The van der Waals surface area contributed by atoms with Crippen LogP contribution in [0.4, 0.5) is 0 Å². The van der Waals surface area contributed by atoms with Crippen molar-refractivity contribution >= 4 is 11.8 Å². The molecule has 1 aliphatic heterocycles. The molecule has 1 aromatic carbocycles. The number of aryl methyl sites for hydroxylation is 1. The van der Waals surface area contributed by atoms with Gasteiger partial charge in [-0.05, 0) is 19.1 Å². The van der Waals surface area contributed by atoms with Gasteiger partial charge in [0.15, 0.2) is 0 Å². The number of rotatable bonds is 3. The van der Waals surface area contributed by atoms with Crippen LogP contribution in [0.3, 0.4) is 0 Å². The Kier molecular flexibility index (Phi) is 4.83. The van der Waals surface area contributed by atoms with E-state index in [9.17, 15) is 15.3 Å². The molecule has 1 aliphatic rings. The molecule has 0 amide bonds. The van der Waals surface area contributed by atoms with Crippen LogP contribution >= 0.6 is 11.8 Å². The van der Waals surface area contributed by atoms with Gasteiger partial charge in [-0.1, -0.05) is 29.5 Å². The van der Waals surface area contributed by atoms with Crippen LogP contribution in [0.2, 0.25) is 0 Å². The number of aliphatic hydroxyl groups is 4. The normalized spacial score (nSPS) is 35.3. The van der Waals surface area contributed by atoms with Crippen molar-refractivity contribution in [1.29, 1.82) is 0 Å². The minimum absolute atomic E-state index is 0.407. The van der Waals surface area contributed by atoms with Gasteiger partial charge in [0.2, 0.25) is 0 Å². The Morgan fingerprint density at radius 3 is 2.26 bits per heavy atom. The van der Waals surface area contributed by atoms with E-state index in [1.165, 1.54) is 11.8 Å². The van der Waals surface area contributed by atoms with E-state index >= 15 is 0 Å². The fraction of sp³-hybridized carbons (Fsp3) is 0.538. The van der Waals surface area contributed by atoms with Gasteiger partial charge in [-0.15, -0.1) is 0 Å². The lowest BCUT2D eigenvalue weighted by atomic mass is 10.0. The van der Waals surface area contributed by atoms with Gasteiger partial charge in [0.25, 0.3) is 0 Å². The first-order chi connectivity index (χ1) is 9.02. The lowest BCUT2D eigenvalue weighted by Gasteiger charge is -2.39. The molecular weight excluding hydrogens is 268 g/mol. The van der Waals surface area contributed by atoms with Crippen LogP contribution in [0.1, 0.15) is 5.56 Å². The summed E-state index contributed by atoms with van der Waals surface area (Å²) in [5.41, 5.74) is 0.399. The van der Waals surface area contributed by atoms with E-state index in [4.69, 9.17) is 9.84 Å². The first kappa shape index (κ1) is 14.8. The first-order valence-electron chi connectivity index (χ1n) is 6.07. The van der Waals surface area contributed by atoms with E-state index in [0.717, 1.165) is 10.5 Å². The molecule has 1 saturated heterocycles. The van der Waals surface area contributed by atoms with Crippen LogP contribution < -0.4 is 0 Å². The van der Waals surface area contributed by atoms with Crippen molar-refractivity contribution in [2.45, 2.75) is 41.7 Å². The largest absolute Gasteiger partial charge is 0.394 e. The van der Waals surface area contributed by atoms with Gasteiger partial charge < -0.3 is 25.2 Å². The second-order valence-electron chi connectivity index (χ2n) is 4.63. The van der Waals surface area contributed by atoms with E-state index in [2.05, 4.69) is 0 Å². The van der Waals surface area contributed by atoms with Crippen molar-refractivity contribution < 1.29 is 25.2 Å². The Balaban J connectivity index is 2.08. The Hall–Kier alpha value is -0.630. The van der Waals surface area contributed by atoms with Crippen LogP contribution in [0.15, 0.2) is 29.2 Å². The van der Waals surface area contributed by atoms with Crippen molar-refractivity contribution in [3.63, 3.8) is 0 Å². The molecular formula is C13H18O5S. The number of hydrogen-bond donors (Lipinski definition) is 4. The Labute approximate surface area is 115 Å². The average molecular weight is 286 g/mol. The van der Waals surface area contributed by atoms with Gasteiger partial charge in [0, 0.05) is 4.90 Å². The molecule has 0 aromatic heterocycles. The number of thioether (sulfide) groups is 1. The summed E-state index contributed by atoms with van der Waals surface area (Å²) in [5.74, 6) is 0. The molecule has 1 unspecified atom stereocenters. The zero-order valence-corrected chi connectivity index (χ0v) is 11.3. The number of hydrogen-bond acceptors (Lipinski definition) is 6. The maximum Gasteiger partial charge on any atom is 0.136 e. The third kappa shape index (κ3) is 3.28. The number of benzene rings is 1. The first-order valence-corrected chi connectivity index (χ1v) is 6.94. The standard InChI is InChI=1S/C13H18O5S/c1-7-2-4-8(5-3-7)19-13-12(17)11(16)10(15)9(6-14)18-13/h2-5,9-17H,6H2,1H3/t9-,10-,11+,12+,13?/m1/s1. The third-order valence-corrected chi connectivity index (χ3v) is 4.29. The molecule has 6 heteroatoms. The minimum Gasteiger partial charge on any atom is -0.394 e. The monoisotopic (exact) mass is 286 g/mol. The predicted molar refractivity (Wildman–Crippen MR) is 70.8 cm³/mol. The summed E-state index contributed by atoms with van der Waals surface area (Å²) < 4.78 is 5.42. The van der Waals surface area contributed by atoms with Crippen LogP contribution in [0.5, 0.6) is 0 Å². The smallest absolute Gasteiger partial charge is 0.136 e. The van der Waals surface area contributed by atoms with Crippen molar-refractivity contribution in [3.05, 3.63) is 29.8 Å². The van der Waals surface area contributed by atoms with Gasteiger partial charge in [0.1, 0.15) is 29.9 Å². The summed E-state index contributed by atoms with van der Waals surface area (Å²) in [7, 11) is 0. The second kappa shape index (κ2) is 6.21. The topological polar surface area (TPSA) is 90.2 Å². The highest BCUT2D eigenvalue weighted by atomic mass is 32.2. The van der Waals surface area contributed by atoms with Crippen LogP contribution in [-0.4, -0.2) is 56.9 Å². The summed E-state index contributed by atoms with van der Waals surface area (Å²) in [6, 6.07) is 7.65. The fourth-order valence-corrected chi connectivity index (χ4v) is 2.98. The van der Waals surface area contributed by atoms with Gasteiger partial charge in [-0.2, -0.15) is 0 Å². The van der Waals surface area contributed by atoms with Crippen molar-refractivity contribution in [1.82, 2.24) is 0 Å². The van der Waals surface area contributed by atoms with Crippen molar-refractivity contribution in [3.8, 4) is 0 Å². The summed E-state index contributed by atoms with van der Waals surface area (Å²) in [6.45, 7) is 1.57. The number of ether oxygens (including phenoxy) is 1. The Morgan fingerprint density at radius 2 is 1.68 bits per heavy atom. The van der Waals surface area contributed by atoms with Gasteiger partial charge in [0.05, 0.1) is 6.61 Å². The highest BCUT2D eigenvalue weighted by Gasteiger charge is 2.43. The molecule has 0 aliphatic carbocycles. The Morgan fingerprint density at radius 1 is 1.05 bits per heavy atom. The minimum atomic E-state index is -1.33. The molecule has 5 atom stereocenters. The molecule has 106 valence electrons. The Bertz CT molecular complexity index is 408. The van der Waals surface area contributed by atoms with Crippen molar-refractivity contribution in [2.75, 3.05) is 6.61 Å². The predicted octanol–water partition coefficient (Wildman–Crippen LogP) is -0.113. The lowest BCUT2D eigenvalue weighted by molar-refractivity contribution is -0.205. The molecule has 0 spiro atoms. The van der Waals surface area contributed by atoms with Crippen LogP contribution in [-0.2, 0) is 4.74 Å². The van der Waals surface area contributed by atoms with E-state index in [-0.39, 0.29) is 0 Å². The SMILES string of the molecule is Cc1ccc(SC2O[C@H](CO)[C@@H](O)[C@H](O)[C@@H]2O)cc1. The molecule has 2 rings (SSSR count). The maximum absolute atomic E-state index is 9.90. The molecule has 1 fully saturated rings. The highest BCUT2D eigenvalue weighted by molar-refractivity contribution is 7.99. The summed E-state index contributed by atoms with van der Waals surface area (Å²) in [5, 5.41) is 38.4. The van der Waals surface area contributed by atoms with Gasteiger partial charge >= 0.3 is 0 Å². The molecule has 0 bridgehead atoms. The molecule has 4 N–H and O–H groups in total. The molecule has 0 radical (unpaired) electrons.